The number of amides is 2. The summed E-state index contributed by atoms with van der Waals surface area (Å²) >= 11 is 1.52. The minimum absolute atomic E-state index is 0.279. The fourth-order valence-corrected chi connectivity index (χ4v) is 2.16. The zero-order valence-electron chi connectivity index (χ0n) is 12.0. The molecular formula is C14H19FN2O3S. The second kappa shape index (κ2) is 8.51. The number of carbonyl (C=O) groups excluding carboxylic acids is 1. The summed E-state index contributed by atoms with van der Waals surface area (Å²) in [4.78, 5) is 24.4. The molecule has 0 saturated heterocycles. The van der Waals surface area contributed by atoms with Crippen molar-refractivity contribution in [3.63, 3.8) is 0 Å². The molecule has 7 heteroatoms. The van der Waals surface area contributed by atoms with Crippen molar-refractivity contribution in [3.8, 4) is 0 Å². The average Bonchev–Trinajstić information content (AvgIpc) is 2.45. The molecule has 0 unspecified atom stereocenters. The van der Waals surface area contributed by atoms with Crippen LogP contribution in [0.3, 0.4) is 0 Å². The van der Waals surface area contributed by atoms with E-state index in [0.717, 1.165) is 5.56 Å². The Hall–Kier alpha value is -1.76. The second-order valence-corrected chi connectivity index (χ2v) is 5.59. The molecule has 0 aliphatic carbocycles. The number of urea groups is 1. The molecule has 1 aromatic carbocycles. The second-order valence-electron chi connectivity index (χ2n) is 4.60. The lowest BCUT2D eigenvalue weighted by atomic mass is 10.2. The Balaban J connectivity index is 2.56. The van der Waals surface area contributed by atoms with Crippen LogP contribution in [0.5, 0.6) is 0 Å². The van der Waals surface area contributed by atoms with E-state index in [2.05, 4.69) is 5.32 Å². The maximum Gasteiger partial charge on any atom is 0.326 e. The van der Waals surface area contributed by atoms with E-state index in [1.54, 1.807) is 19.2 Å². The highest BCUT2D eigenvalue weighted by atomic mass is 32.2. The SMILES string of the molecule is CSCC[C@@H](NC(=O)N(C)Cc1ccc(F)cc1)C(=O)O. The molecule has 21 heavy (non-hydrogen) atoms. The Morgan fingerprint density at radius 1 is 1.38 bits per heavy atom. The summed E-state index contributed by atoms with van der Waals surface area (Å²) in [6.07, 6.45) is 2.24. The minimum atomic E-state index is -1.05. The van der Waals surface area contributed by atoms with Gasteiger partial charge in [0.1, 0.15) is 11.9 Å². The van der Waals surface area contributed by atoms with Crippen molar-refractivity contribution in [2.24, 2.45) is 0 Å². The number of aliphatic carboxylic acids is 1. The molecule has 0 spiro atoms. The maximum absolute atomic E-state index is 12.8. The molecule has 1 aromatic rings. The number of hydrogen-bond donors (Lipinski definition) is 2. The van der Waals surface area contributed by atoms with Crippen molar-refractivity contribution in [1.82, 2.24) is 10.2 Å². The Bertz CT molecular complexity index is 482. The number of rotatable bonds is 7. The maximum atomic E-state index is 12.8. The molecule has 0 heterocycles. The first-order chi connectivity index (χ1) is 9.93. The lowest BCUT2D eigenvalue weighted by Gasteiger charge is -2.21. The quantitative estimate of drug-likeness (QED) is 0.809. The number of halogens is 1. The van der Waals surface area contributed by atoms with Crippen molar-refractivity contribution < 1.29 is 19.1 Å². The van der Waals surface area contributed by atoms with Crippen LogP contribution < -0.4 is 5.32 Å². The summed E-state index contributed by atoms with van der Waals surface area (Å²) in [6, 6.07) is 4.44. The van der Waals surface area contributed by atoms with Crippen LogP contribution in [-0.2, 0) is 11.3 Å². The number of benzene rings is 1. The summed E-state index contributed by atoms with van der Waals surface area (Å²) in [5.41, 5.74) is 0.769. The van der Waals surface area contributed by atoms with Crippen molar-refractivity contribution in [2.75, 3.05) is 19.1 Å². The van der Waals surface area contributed by atoms with E-state index in [1.165, 1.54) is 28.8 Å². The van der Waals surface area contributed by atoms with Gasteiger partial charge in [0.15, 0.2) is 0 Å². The van der Waals surface area contributed by atoms with Gasteiger partial charge in [0.25, 0.3) is 0 Å². The summed E-state index contributed by atoms with van der Waals surface area (Å²) in [7, 11) is 1.56. The molecule has 0 aliphatic heterocycles. The number of carboxylic acid groups (broad SMARTS) is 1. The van der Waals surface area contributed by atoms with Gasteiger partial charge < -0.3 is 15.3 Å². The normalized spacial score (nSPS) is 11.8. The predicted molar refractivity (Wildman–Crippen MR) is 80.8 cm³/mol. The number of carbonyl (C=O) groups is 2. The van der Waals surface area contributed by atoms with E-state index < -0.39 is 18.0 Å². The molecule has 5 nitrogen and oxygen atoms in total. The molecule has 2 N–H and O–H groups in total. The van der Waals surface area contributed by atoms with Crippen LogP contribution >= 0.6 is 11.8 Å². The highest BCUT2D eigenvalue weighted by Gasteiger charge is 2.21. The number of nitrogens with one attached hydrogen (secondary N) is 1. The number of thioether (sulfide) groups is 1. The molecule has 2 amide bonds. The summed E-state index contributed by atoms with van der Waals surface area (Å²) in [5.74, 6) is -0.736. The Morgan fingerprint density at radius 2 is 2.00 bits per heavy atom. The van der Waals surface area contributed by atoms with E-state index in [4.69, 9.17) is 5.11 Å². The first-order valence-electron chi connectivity index (χ1n) is 6.42. The summed E-state index contributed by atoms with van der Waals surface area (Å²) in [6.45, 7) is 0.279. The largest absolute Gasteiger partial charge is 0.480 e. The molecule has 1 atom stereocenters. The molecule has 116 valence electrons. The van der Waals surface area contributed by atoms with E-state index in [9.17, 15) is 14.0 Å². The van der Waals surface area contributed by atoms with Crippen molar-refractivity contribution >= 4 is 23.8 Å². The van der Waals surface area contributed by atoms with E-state index in [1.807, 2.05) is 6.26 Å². The lowest BCUT2D eigenvalue weighted by molar-refractivity contribution is -0.139. The fourth-order valence-electron chi connectivity index (χ4n) is 1.69. The third kappa shape index (κ3) is 6.03. The predicted octanol–water partition coefficient (Wildman–Crippen LogP) is 2.17. The van der Waals surface area contributed by atoms with Crippen LogP contribution in [0.25, 0.3) is 0 Å². The summed E-state index contributed by atoms with van der Waals surface area (Å²) < 4.78 is 12.8. The van der Waals surface area contributed by atoms with Gasteiger partial charge >= 0.3 is 12.0 Å². The first-order valence-corrected chi connectivity index (χ1v) is 7.81. The van der Waals surface area contributed by atoms with E-state index in [0.29, 0.717) is 12.2 Å². The Kier molecular flexibility index (Phi) is 7.01. The molecule has 0 saturated carbocycles. The third-order valence-corrected chi connectivity index (χ3v) is 3.53. The van der Waals surface area contributed by atoms with Crippen LogP contribution in [0.1, 0.15) is 12.0 Å². The molecular weight excluding hydrogens is 295 g/mol. The highest BCUT2D eigenvalue weighted by molar-refractivity contribution is 7.98. The Morgan fingerprint density at radius 3 is 2.52 bits per heavy atom. The number of nitrogens with zero attached hydrogens (tertiary/aromatic N) is 1. The standard InChI is InChI=1S/C14H19FN2O3S/c1-17(9-10-3-5-11(15)6-4-10)14(20)16-12(13(18)19)7-8-21-2/h3-6,12H,7-9H2,1-2H3,(H,16,20)(H,18,19)/t12-/m1/s1. The monoisotopic (exact) mass is 314 g/mol. The van der Waals surface area contributed by atoms with Gasteiger partial charge in [-0.05, 0) is 36.1 Å². The van der Waals surface area contributed by atoms with Gasteiger partial charge in [0.2, 0.25) is 0 Å². The minimum Gasteiger partial charge on any atom is -0.480 e. The lowest BCUT2D eigenvalue weighted by Crippen LogP contribution is -2.46. The van der Waals surface area contributed by atoms with Crippen molar-refractivity contribution in [2.45, 2.75) is 19.0 Å². The van der Waals surface area contributed by atoms with Gasteiger partial charge in [-0.2, -0.15) is 11.8 Å². The van der Waals surface area contributed by atoms with Gasteiger partial charge in [-0.3, -0.25) is 0 Å². The highest BCUT2D eigenvalue weighted by Crippen LogP contribution is 2.07. The van der Waals surface area contributed by atoms with Gasteiger partial charge in [-0.1, -0.05) is 12.1 Å². The Labute approximate surface area is 127 Å². The molecule has 0 fully saturated rings. The van der Waals surface area contributed by atoms with Crippen LogP contribution in [0.15, 0.2) is 24.3 Å². The summed E-state index contributed by atoms with van der Waals surface area (Å²) in [5, 5.41) is 11.5. The van der Waals surface area contributed by atoms with E-state index in [-0.39, 0.29) is 12.4 Å². The number of hydrogen-bond acceptors (Lipinski definition) is 3. The van der Waals surface area contributed by atoms with Crippen LogP contribution in [0.2, 0.25) is 0 Å². The smallest absolute Gasteiger partial charge is 0.326 e. The molecule has 0 aliphatic rings. The van der Waals surface area contributed by atoms with Crippen molar-refractivity contribution in [3.05, 3.63) is 35.6 Å². The molecule has 0 aromatic heterocycles. The number of carboxylic acids is 1. The first kappa shape index (κ1) is 17.3. The van der Waals surface area contributed by atoms with Gasteiger partial charge in [0, 0.05) is 13.6 Å². The van der Waals surface area contributed by atoms with E-state index >= 15 is 0 Å². The molecule has 0 radical (unpaired) electrons. The fraction of sp³-hybridized carbons (Fsp3) is 0.429. The molecule has 0 bridgehead atoms. The van der Waals surface area contributed by atoms with Gasteiger partial charge in [0.05, 0.1) is 0 Å². The van der Waals surface area contributed by atoms with Gasteiger partial charge in [-0.25, -0.2) is 14.0 Å². The molecule has 1 rings (SSSR count). The van der Waals surface area contributed by atoms with Crippen LogP contribution in [-0.4, -0.2) is 47.1 Å². The zero-order chi connectivity index (χ0) is 15.8. The van der Waals surface area contributed by atoms with Crippen LogP contribution in [0.4, 0.5) is 9.18 Å². The third-order valence-electron chi connectivity index (χ3n) is 2.89. The van der Waals surface area contributed by atoms with Crippen LogP contribution in [0, 0.1) is 5.82 Å². The topological polar surface area (TPSA) is 69.6 Å². The van der Waals surface area contributed by atoms with Gasteiger partial charge in [-0.15, -0.1) is 0 Å². The van der Waals surface area contributed by atoms with Crippen molar-refractivity contribution in [1.29, 1.82) is 0 Å². The zero-order valence-corrected chi connectivity index (χ0v) is 12.8. The average molecular weight is 314 g/mol.